The monoisotopic (exact) mass is 419 g/mol. The van der Waals surface area contributed by atoms with Crippen molar-refractivity contribution in [2.45, 2.75) is 13.0 Å². The van der Waals surface area contributed by atoms with Crippen molar-refractivity contribution >= 4 is 35.3 Å². The summed E-state index contributed by atoms with van der Waals surface area (Å²) in [6, 6.07) is 9.30. The van der Waals surface area contributed by atoms with Gasteiger partial charge in [-0.3, -0.25) is 4.79 Å². The van der Waals surface area contributed by atoms with Crippen LogP contribution in [0.25, 0.3) is 0 Å². The molecule has 0 atom stereocenters. The molecule has 3 aromatic rings. The van der Waals surface area contributed by atoms with E-state index in [2.05, 4.69) is 5.32 Å². The first kappa shape index (κ1) is 20.0. The topological polar surface area (TPSA) is 91.7 Å². The van der Waals surface area contributed by atoms with Crippen LogP contribution in [0.15, 0.2) is 41.0 Å². The summed E-state index contributed by atoms with van der Waals surface area (Å²) in [6.07, 6.45) is 2.23. The highest BCUT2D eigenvalue weighted by Gasteiger charge is 2.17. The van der Waals surface area contributed by atoms with E-state index in [1.165, 1.54) is 11.3 Å². The third-order valence-electron chi connectivity index (χ3n) is 4.18. The van der Waals surface area contributed by atoms with Gasteiger partial charge in [-0.25, -0.2) is 0 Å². The highest BCUT2D eigenvalue weighted by atomic mass is 32.1. The Balaban J connectivity index is 1.63. The average Bonchev–Trinajstić information content (AvgIpc) is 3.31. The summed E-state index contributed by atoms with van der Waals surface area (Å²) in [5.41, 5.74) is 7.17. The van der Waals surface area contributed by atoms with Crippen LogP contribution >= 0.6 is 23.6 Å². The maximum absolute atomic E-state index is 12.5. The van der Waals surface area contributed by atoms with Crippen molar-refractivity contribution in [3.8, 4) is 11.5 Å². The lowest BCUT2D eigenvalue weighted by Gasteiger charge is -2.10. The van der Waals surface area contributed by atoms with Gasteiger partial charge in [-0.05, 0) is 48.5 Å². The highest BCUT2D eigenvalue weighted by Crippen LogP contribution is 2.27. The zero-order valence-electron chi connectivity index (χ0n) is 15.6. The van der Waals surface area contributed by atoms with Gasteiger partial charge in [-0.15, -0.1) is 0 Å². The Bertz CT molecular complexity index is 1010. The van der Waals surface area contributed by atoms with Gasteiger partial charge in [0.1, 0.15) is 16.5 Å². The van der Waals surface area contributed by atoms with E-state index < -0.39 is 0 Å². The van der Waals surface area contributed by atoms with Crippen molar-refractivity contribution in [2.24, 2.45) is 0 Å². The lowest BCUT2D eigenvalue weighted by atomic mass is 10.1. The molecule has 3 N–H and O–H groups in total. The van der Waals surface area contributed by atoms with Gasteiger partial charge in [0.2, 0.25) is 0 Å². The lowest BCUT2D eigenvalue weighted by Crippen LogP contribution is -2.26. The predicted octanol–water partition coefficient (Wildman–Crippen LogP) is 3.49. The number of anilines is 1. The molecule has 0 aliphatic carbocycles. The zero-order valence-corrected chi connectivity index (χ0v) is 17.2. The number of aromatic nitrogens is 1. The van der Waals surface area contributed by atoms with Crippen LogP contribution in [0.4, 0.5) is 5.82 Å². The fourth-order valence-electron chi connectivity index (χ4n) is 2.72. The summed E-state index contributed by atoms with van der Waals surface area (Å²) in [4.78, 5) is 12.9. The Morgan fingerprint density at radius 3 is 2.75 bits per heavy atom. The number of hydrogen-bond acceptors (Lipinski definition) is 7. The number of carbonyl (C=O) groups excluding carboxylic acids is 1. The van der Waals surface area contributed by atoms with Crippen molar-refractivity contribution in [2.75, 3.05) is 26.5 Å². The van der Waals surface area contributed by atoms with Crippen LogP contribution in [0.1, 0.15) is 21.0 Å². The van der Waals surface area contributed by atoms with Crippen LogP contribution in [-0.2, 0) is 13.0 Å². The summed E-state index contributed by atoms with van der Waals surface area (Å²) in [5.74, 6) is 2.15. The van der Waals surface area contributed by atoms with Crippen LogP contribution in [-0.4, -0.2) is 31.2 Å². The molecule has 0 bridgehead atoms. The number of thiazole rings is 1. The lowest BCUT2D eigenvalue weighted by molar-refractivity contribution is 0.0958. The van der Waals surface area contributed by atoms with Gasteiger partial charge in [0, 0.05) is 6.54 Å². The van der Waals surface area contributed by atoms with Crippen LogP contribution in [0.3, 0.4) is 0 Å². The van der Waals surface area contributed by atoms with Gasteiger partial charge in [0.25, 0.3) is 5.91 Å². The molecule has 1 aromatic carbocycles. The van der Waals surface area contributed by atoms with E-state index in [4.69, 9.17) is 31.8 Å². The first-order valence-electron chi connectivity index (χ1n) is 8.54. The van der Waals surface area contributed by atoms with Crippen LogP contribution in [0, 0.1) is 3.95 Å². The Hall–Kier alpha value is -2.78. The van der Waals surface area contributed by atoms with Gasteiger partial charge >= 0.3 is 0 Å². The second-order valence-electron chi connectivity index (χ2n) is 5.94. The maximum Gasteiger partial charge on any atom is 0.265 e. The molecule has 0 aliphatic heterocycles. The summed E-state index contributed by atoms with van der Waals surface area (Å²) >= 11 is 6.54. The number of hydrogen-bond donors (Lipinski definition) is 2. The first-order chi connectivity index (χ1) is 13.5. The molecule has 0 fully saturated rings. The predicted molar refractivity (Wildman–Crippen MR) is 111 cm³/mol. The molecule has 0 radical (unpaired) electrons. The molecule has 0 saturated heterocycles. The normalized spacial score (nSPS) is 10.6. The minimum absolute atomic E-state index is 0.243. The average molecular weight is 420 g/mol. The summed E-state index contributed by atoms with van der Waals surface area (Å²) in [6.45, 7) is 0.851. The summed E-state index contributed by atoms with van der Waals surface area (Å²) in [7, 11) is 3.18. The van der Waals surface area contributed by atoms with E-state index in [-0.39, 0.29) is 5.91 Å². The third-order valence-corrected chi connectivity index (χ3v) is 5.64. The number of nitrogen functional groups attached to an aromatic ring is 1. The fourth-order valence-corrected chi connectivity index (χ4v) is 3.96. The molecule has 1 amide bonds. The first-order valence-corrected chi connectivity index (χ1v) is 9.76. The molecular formula is C19H21N3O4S2. The molecule has 0 unspecified atom stereocenters. The number of furan rings is 1. The Morgan fingerprint density at radius 2 is 2.07 bits per heavy atom. The van der Waals surface area contributed by atoms with Crippen molar-refractivity contribution in [3.05, 3.63) is 56.8 Å². The van der Waals surface area contributed by atoms with Crippen molar-refractivity contribution in [3.63, 3.8) is 0 Å². The van der Waals surface area contributed by atoms with Gasteiger partial charge < -0.3 is 29.5 Å². The number of carbonyl (C=O) groups is 1. The molecule has 0 spiro atoms. The van der Waals surface area contributed by atoms with Crippen molar-refractivity contribution < 1.29 is 18.7 Å². The largest absolute Gasteiger partial charge is 0.493 e. The smallest absolute Gasteiger partial charge is 0.265 e. The van der Waals surface area contributed by atoms with E-state index >= 15 is 0 Å². The number of rotatable bonds is 8. The minimum Gasteiger partial charge on any atom is -0.493 e. The molecular weight excluding hydrogens is 398 g/mol. The van der Waals surface area contributed by atoms with Crippen molar-refractivity contribution in [1.82, 2.24) is 9.88 Å². The SMILES string of the molecule is COc1ccc(CCNC(=O)c2sc(=S)n(Cc3ccco3)c2N)cc1OC. The quantitative estimate of drug-likeness (QED) is 0.543. The maximum atomic E-state index is 12.5. The van der Waals surface area contributed by atoms with Crippen molar-refractivity contribution in [1.29, 1.82) is 0 Å². The Labute approximate surface area is 171 Å². The summed E-state index contributed by atoms with van der Waals surface area (Å²) < 4.78 is 18.1. The van der Waals surface area contributed by atoms with E-state index in [1.807, 2.05) is 24.3 Å². The number of nitrogens with zero attached hydrogens (tertiary/aromatic N) is 1. The Morgan fingerprint density at radius 1 is 1.29 bits per heavy atom. The molecule has 0 aliphatic rings. The van der Waals surface area contributed by atoms with Gasteiger partial charge in [0.05, 0.1) is 27.0 Å². The Kier molecular flexibility index (Phi) is 6.37. The molecule has 3 rings (SSSR count). The number of methoxy groups -OCH3 is 2. The number of amides is 1. The van der Waals surface area contributed by atoms with E-state index in [9.17, 15) is 4.79 Å². The number of nitrogens with one attached hydrogen (secondary N) is 1. The third kappa shape index (κ3) is 4.37. The molecule has 9 heteroatoms. The molecule has 2 heterocycles. The summed E-state index contributed by atoms with van der Waals surface area (Å²) in [5, 5.41) is 2.89. The zero-order chi connectivity index (χ0) is 20.1. The standard InChI is InChI=1S/C19H21N3O4S2/c1-24-14-6-5-12(10-15(14)25-2)7-8-21-18(23)16-17(20)22(19(27)28-16)11-13-4-3-9-26-13/h3-6,9-10H,7-8,11,20H2,1-2H3,(H,21,23). The molecule has 7 nitrogen and oxygen atoms in total. The number of nitrogens with two attached hydrogens (primary N) is 1. The minimum atomic E-state index is -0.243. The van der Waals surface area contributed by atoms with Gasteiger partial charge in [-0.2, -0.15) is 0 Å². The number of ether oxygens (including phenoxy) is 2. The molecule has 148 valence electrons. The van der Waals surface area contributed by atoms with Crippen LogP contribution in [0.2, 0.25) is 0 Å². The second-order valence-corrected chi connectivity index (χ2v) is 7.59. The molecule has 0 saturated carbocycles. The van der Waals surface area contributed by atoms with E-state index in [0.717, 1.165) is 11.3 Å². The highest BCUT2D eigenvalue weighted by molar-refractivity contribution is 7.73. The fraction of sp³-hybridized carbons (Fsp3) is 0.263. The van der Waals surface area contributed by atoms with E-state index in [0.29, 0.717) is 45.7 Å². The van der Waals surface area contributed by atoms with Gasteiger partial charge in [0.15, 0.2) is 15.5 Å². The molecule has 28 heavy (non-hydrogen) atoms. The molecule has 2 aromatic heterocycles. The van der Waals surface area contributed by atoms with Gasteiger partial charge in [-0.1, -0.05) is 17.4 Å². The van der Waals surface area contributed by atoms with Crippen LogP contribution < -0.4 is 20.5 Å². The number of benzene rings is 1. The van der Waals surface area contributed by atoms with Crippen LogP contribution in [0.5, 0.6) is 11.5 Å². The second kappa shape index (κ2) is 8.94. The van der Waals surface area contributed by atoms with E-state index in [1.54, 1.807) is 31.1 Å².